The SMILES string of the molecule is CC[C@@H](C(=O)NC(C)(C)C)N(CCc1ccccc1)C(=O)CCc1ccc(C)cc1. The van der Waals surface area contributed by atoms with Gasteiger partial charge in [0.1, 0.15) is 6.04 Å². The molecule has 0 spiro atoms. The molecule has 0 aromatic heterocycles. The summed E-state index contributed by atoms with van der Waals surface area (Å²) >= 11 is 0. The van der Waals surface area contributed by atoms with E-state index >= 15 is 0 Å². The molecule has 4 heteroatoms. The monoisotopic (exact) mass is 408 g/mol. The molecule has 2 aromatic carbocycles. The van der Waals surface area contributed by atoms with Crippen LogP contribution in [0.5, 0.6) is 0 Å². The smallest absolute Gasteiger partial charge is 0.243 e. The normalized spacial score (nSPS) is 12.3. The van der Waals surface area contributed by atoms with Crippen LogP contribution in [0.15, 0.2) is 54.6 Å². The second kappa shape index (κ2) is 11.0. The largest absolute Gasteiger partial charge is 0.350 e. The van der Waals surface area contributed by atoms with Gasteiger partial charge in [0.05, 0.1) is 0 Å². The van der Waals surface area contributed by atoms with Crippen molar-refractivity contribution >= 4 is 11.8 Å². The first-order valence-electron chi connectivity index (χ1n) is 10.9. The van der Waals surface area contributed by atoms with Crippen molar-refractivity contribution in [3.8, 4) is 0 Å². The molecule has 2 aromatic rings. The van der Waals surface area contributed by atoms with Gasteiger partial charge in [0, 0.05) is 18.5 Å². The lowest BCUT2D eigenvalue weighted by Gasteiger charge is -2.33. The summed E-state index contributed by atoms with van der Waals surface area (Å²) in [6.07, 6.45) is 2.40. The van der Waals surface area contributed by atoms with Crippen molar-refractivity contribution in [2.24, 2.45) is 0 Å². The molecule has 1 N–H and O–H groups in total. The average molecular weight is 409 g/mol. The van der Waals surface area contributed by atoms with Crippen molar-refractivity contribution < 1.29 is 9.59 Å². The van der Waals surface area contributed by atoms with Gasteiger partial charge >= 0.3 is 0 Å². The molecule has 0 aliphatic heterocycles. The van der Waals surface area contributed by atoms with Crippen LogP contribution in [0.2, 0.25) is 0 Å². The van der Waals surface area contributed by atoms with Gasteiger partial charge < -0.3 is 10.2 Å². The first-order valence-corrected chi connectivity index (χ1v) is 10.9. The standard InChI is InChI=1S/C26H36N2O2/c1-6-23(25(30)27-26(3,4)5)28(19-18-21-10-8-7-9-11-21)24(29)17-16-22-14-12-20(2)13-15-22/h7-15,23H,6,16-19H2,1-5H3,(H,27,30)/t23-/m0/s1. The van der Waals surface area contributed by atoms with Crippen LogP contribution in [0.3, 0.4) is 0 Å². The second-order valence-corrected chi connectivity index (χ2v) is 8.97. The number of aryl methyl sites for hydroxylation is 2. The molecule has 0 heterocycles. The lowest BCUT2D eigenvalue weighted by molar-refractivity contribution is -0.141. The van der Waals surface area contributed by atoms with Crippen LogP contribution in [-0.2, 0) is 22.4 Å². The van der Waals surface area contributed by atoms with E-state index in [2.05, 4.69) is 48.6 Å². The van der Waals surface area contributed by atoms with Crippen molar-refractivity contribution in [2.45, 2.75) is 71.9 Å². The van der Waals surface area contributed by atoms with Gasteiger partial charge in [-0.25, -0.2) is 0 Å². The van der Waals surface area contributed by atoms with Crippen molar-refractivity contribution in [3.05, 3.63) is 71.3 Å². The maximum Gasteiger partial charge on any atom is 0.243 e. The molecule has 1 atom stereocenters. The van der Waals surface area contributed by atoms with E-state index in [4.69, 9.17) is 0 Å². The third-order valence-corrected chi connectivity index (χ3v) is 5.12. The Morgan fingerprint density at radius 1 is 0.933 bits per heavy atom. The summed E-state index contributed by atoms with van der Waals surface area (Å²) in [5, 5.41) is 3.05. The summed E-state index contributed by atoms with van der Waals surface area (Å²) in [6.45, 7) is 10.4. The number of hydrogen-bond donors (Lipinski definition) is 1. The number of hydrogen-bond acceptors (Lipinski definition) is 2. The van der Waals surface area contributed by atoms with Gasteiger partial charge in [0.25, 0.3) is 0 Å². The maximum atomic E-state index is 13.2. The molecule has 0 radical (unpaired) electrons. The summed E-state index contributed by atoms with van der Waals surface area (Å²) in [6, 6.07) is 17.9. The highest BCUT2D eigenvalue weighted by Crippen LogP contribution is 2.14. The van der Waals surface area contributed by atoms with Crippen LogP contribution in [0, 0.1) is 6.92 Å². The lowest BCUT2D eigenvalue weighted by atomic mass is 10.0. The van der Waals surface area contributed by atoms with Crippen molar-refractivity contribution in [2.75, 3.05) is 6.54 Å². The molecule has 162 valence electrons. The molecular weight excluding hydrogens is 372 g/mol. The van der Waals surface area contributed by atoms with Crippen LogP contribution >= 0.6 is 0 Å². The Morgan fingerprint density at radius 3 is 2.10 bits per heavy atom. The molecule has 2 amide bonds. The first kappa shape index (κ1) is 23.7. The number of amides is 2. The minimum atomic E-state index is -0.460. The van der Waals surface area contributed by atoms with Crippen molar-refractivity contribution in [3.63, 3.8) is 0 Å². The van der Waals surface area contributed by atoms with Crippen molar-refractivity contribution in [1.29, 1.82) is 0 Å². The van der Waals surface area contributed by atoms with Crippen LogP contribution in [-0.4, -0.2) is 34.8 Å². The zero-order chi connectivity index (χ0) is 22.1. The topological polar surface area (TPSA) is 49.4 Å². The van der Waals surface area contributed by atoms with E-state index < -0.39 is 6.04 Å². The Labute approximate surface area is 181 Å². The van der Waals surface area contributed by atoms with Gasteiger partial charge in [-0.2, -0.15) is 0 Å². The number of carbonyl (C=O) groups excluding carboxylic acids is 2. The van der Waals surface area contributed by atoms with E-state index in [-0.39, 0.29) is 17.4 Å². The van der Waals surface area contributed by atoms with E-state index in [1.54, 1.807) is 4.90 Å². The Morgan fingerprint density at radius 2 is 1.53 bits per heavy atom. The number of benzene rings is 2. The molecule has 0 saturated heterocycles. The average Bonchev–Trinajstić information content (AvgIpc) is 2.69. The minimum absolute atomic E-state index is 0.0300. The molecule has 0 aliphatic carbocycles. The fourth-order valence-corrected chi connectivity index (χ4v) is 3.50. The van der Waals surface area contributed by atoms with Gasteiger partial charge in [0.2, 0.25) is 11.8 Å². The maximum absolute atomic E-state index is 13.2. The zero-order valence-electron chi connectivity index (χ0n) is 19.1. The van der Waals surface area contributed by atoms with Gasteiger partial charge in [-0.3, -0.25) is 9.59 Å². The minimum Gasteiger partial charge on any atom is -0.350 e. The summed E-state index contributed by atoms with van der Waals surface area (Å²) in [5.74, 6) is -0.0517. The van der Waals surface area contributed by atoms with Gasteiger partial charge in [-0.1, -0.05) is 67.1 Å². The Balaban J connectivity index is 2.14. The molecule has 0 saturated carbocycles. The first-order chi connectivity index (χ1) is 14.2. The summed E-state index contributed by atoms with van der Waals surface area (Å²) in [7, 11) is 0. The third-order valence-electron chi connectivity index (χ3n) is 5.12. The fourth-order valence-electron chi connectivity index (χ4n) is 3.50. The zero-order valence-corrected chi connectivity index (χ0v) is 19.1. The lowest BCUT2D eigenvalue weighted by Crippen LogP contribution is -2.54. The van der Waals surface area contributed by atoms with Crippen LogP contribution < -0.4 is 5.32 Å². The number of nitrogens with one attached hydrogen (secondary N) is 1. The van der Waals surface area contributed by atoms with E-state index in [0.29, 0.717) is 25.8 Å². The van der Waals surface area contributed by atoms with E-state index in [9.17, 15) is 9.59 Å². The molecule has 4 nitrogen and oxygen atoms in total. The number of rotatable bonds is 9. The van der Waals surface area contributed by atoms with E-state index in [0.717, 1.165) is 12.0 Å². The second-order valence-electron chi connectivity index (χ2n) is 8.97. The van der Waals surface area contributed by atoms with Crippen LogP contribution in [0.1, 0.15) is 57.2 Å². The number of carbonyl (C=O) groups is 2. The predicted molar refractivity (Wildman–Crippen MR) is 123 cm³/mol. The quantitative estimate of drug-likeness (QED) is 0.654. The molecule has 0 aliphatic rings. The molecule has 0 fully saturated rings. The summed E-state index contributed by atoms with van der Waals surface area (Å²) < 4.78 is 0. The highest BCUT2D eigenvalue weighted by atomic mass is 16.2. The number of nitrogens with zero attached hydrogens (tertiary/aromatic N) is 1. The Hall–Kier alpha value is -2.62. The molecule has 30 heavy (non-hydrogen) atoms. The molecule has 2 rings (SSSR count). The van der Waals surface area contributed by atoms with Crippen LogP contribution in [0.4, 0.5) is 0 Å². The third kappa shape index (κ3) is 7.66. The van der Waals surface area contributed by atoms with Gasteiger partial charge in [-0.05, 0) is 58.1 Å². The van der Waals surface area contributed by atoms with E-state index in [1.807, 2.05) is 45.9 Å². The highest BCUT2D eigenvalue weighted by molar-refractivity contribution is 5.88. The molecular formula is C26H36N2O2. The van der Waals surface area contributed by atoms with Gasteiger partial charge in [-0.15, -0.1) is 0 Å². The van der Waals surface area contributed by atoms with Gasteiger partial charge in [0.15, 0.2) is 0 Å². The predicted octanol–water partition coefficient (Wildman–Crippen LogP) is 4.69. The Kier molecular flexibility index (Phi) is 8.64. The molecule has 0 unspecified atom stereocenters. The summed E-state index contributed by atoms with van der Waals surface area (Å²) in [5.41, 5.74) is 3.18. The van der Waals surface area contributed by atoms with Crippen LogP contribution in [0.25, 0.3) is 0 Å². The Bertz CT molecular complexity index is 807. The van der Waals surface area contributed by atoms with Crippen molar-refractivity contribution in [1.82, 2.24) is 10.2 Å². The van der Waals surface area contributed by atoms with E-state index in [1.165, 1.54) is 11.1 Å². The fraction of sp³-hybridized carbons (Fsp3) is 0.462. The summed E-state index contributed by atoms with van der Waals surface area (Å²) in [4.78, 5) is 28.0. The highest BCUT2D eigenvalue weighted by Gasteiger charge is 2.30. The molecule has 0 bridgehead atoms.